The quantitative estimate of drug-likeness (QED) is 0.656. The maximum Gasteiger partial charge on any atom is 0.236 e. The summed E-state index contributed by atoms with van der Waals surface area (Å²) in [5.74, 6) is 1.04. The molecule has 1 aliphatic rings. The molecule has 0 spiro atoms. The predicted molar refractivity (Wildman–Crippen MR) is 97.9 cm³/mol. The molecule has 0 unspecified atom stereocenters. The van der Waals surface area contributed by atoms with Crippen LogP contribution in [-0.2, 0) is 11.4 Å². The van der Waals surface area contributed by atoms with Gasteiger partial charge >= 0.3 is 0 Å². The van der Waals surface area contributed by atoms with Gasteiger partial charge in [0.2, 0.25) is 5.91 Å². The van der Waals surface area contributed by atoms with Crippen molar-refractivity contribution in [3.05, 3.63) is 64.7 Å². The number of nitrogens with zero attached hydrogens (tertiary/aromatic N) is 2. The summed E-state index contributed by atoms with van der Waals surface area (Å²) < 4.78 is 5.84. The van der Waals surface area contributed by atoms with Crippen LogP contribution in [0.3, 0.4) is 0 Å². The van der Waals surface area contributed by atoms with Crippen molar-refractivity contribution in [2.24, 2.45) is 10.2 Å². The van der Waals surface area contributed by atoms with Crippen molar-refractivity contribution >= 4 is 40.7 Å². The first-order valence-corrected chi connectivity index (χ1v) is 8.57. The van der Waals surface area contributed by atoms with E-state index in [9.17, 15) is 4.79 Å². The van der Waals surface area contributed by atoms with Gasteiger partial charge in [0.15, 0.2) is 5.17 Å². The van der Waals surface area contributed by atoms with Crippen LogP contribution in [-0.4, -0.2) is 23.0 Å². The third-order valence-corrected chi connectivity index (χ3v) is 4.27. The molecule has 0 saturated carbocycles. The molecule has 2 aromatic rings. The molecular weight excluding hydrogens is 346 g/mol. The normalized spacial score (nSPS) is 15.9. The lowest BCUT2D eigenvalue weighted by atomic mass is 10.2. The zero-order valence-electron chi connectivity index (χ0n) is 12.6. The number of nitrogens with one attached hydrogen (secondary N) is 1. The lowest BCUT2D eigenvalue weighted by molar-refractivity contribution is -0.116. The Labute approximate surface area is 148 Å². The first-order valence-electron chi connectivity index (χ1n) is 7.21. The molecule has 1 amide bonds. The van der Waals surface area contributed by atoms with Crippen LogP contribution in [0.25, 0.3) is 0 Å². The Hall–Kier alpha value is -2.31. The van der Waals surface area contributed by atoms with Gasteiger partial charge in [0.05, 0.1) is 12.0 Å². The molecule has 2 aromatic carbocycles. The van der Waals surface area contributed by atoms with Crippen molar-refractivity contribution in [2.45, 2.75) is 6.61 Å². The second kappa shape index (κ2) is 7.99. The van der Waals surface area contributed by atoms with E-state index in [1.807, 2.05) is 48.5 Å². The van der Waals surface area contributed by atoms with Gasteiger partial charge in [0, 0.05) is 10.6 Å². The molecule has 0 aliphatic carbocycles. The minimum atomic E-state index is -0.0550. The molecule has 7 heteroatoms. The van der Waals surface area contributed by atoms with Crippen LogP contribution in [0.2, 0.25) is 5.02 Å². The lowest BCUT2D eigenvalue weighted by Crippen LogP contribution is -2.19. The van der Waals surface area contributed by atoms with Crippen LogP contribution in [0.1, 0.15) is 11.1 Å². The SMILES string of the molecule is O=C1CSC(=N/N=C\c2ccccc2OCc2ccc(Cl)cc2)N1. The molecule has 1 fully saturated rings. The summed E-state index contributed by atoms with van der Waals surface area (Å²) in [6, 6.07) is 15.1. The standard InChI is InChI=1S/C17H14ClN3O2S/c18-14-7-5-12(6-8-14)10-23-15-4-2-1-3-13(15)9-19-21-17-20-16(22)11-24-17/h1-9H,10-11H2,(H,20,21,22)/b19-9-. The highest BCUT2D eigenvalue weighted by molar-refractivity contribution is 8.15. The van der Waals surface area contributed by atoms with E-state index in [0.29, 0.717) is 28.3 Å². The number of halogens is 1. The molecule has 1 aliphatic heterocycles. The van der Waals surface area contributed by atoms with Gasteiger partial charge in [0.25, 0.3) is 0 Å². The minimum absolute atomic E-state index is 0.0550. The summed E-state index contributed by atoms with van der Waals surface area (Å²) in [7, 11) is 0. The summed E-state index contributed by atoms with van der Waals surface area (Å²) in [6.45, 7) is 0.433. The Bertz CT molecular complexity index is 791. The van der Waals surface area contributed by atoms with Crippen LogP contribution in [0, 0.1) is 0 Å². The Balaban J connectivity index is 1.66. The number of amidine groups is 1. The van der Waals surface area contributed by atoms with Crippen LogP contribution < -0.4 is 10.1 Å². The fourth-order valence-corrected chi connectivity index (χ4v) is 2.74. The molecule has 0 atom stereocenters. The maximum absolute atomic E-state index is 11.1. The van der Waals surface area contributed by atoms with Crippen molar-refractivity contribution in [1.29, 1.82) is 0 Å². The minimum Gasteiger partial charge on any atom is -0.488 e. The fraction of sp³-hybridized carbons (Fsp3) is 0.118. The number of amides is 1. The van der Waals surface area contributed by atoms with Crippen molar-refractivity contribution < 1.29 is 9.53 Å². The third-order valence-electron chi connectivity index (χ3n) is 3.16. The van der Waals surface area contributed by atoms with Crippen LogP contribution >= 0.6 is 23.4 Å². The molecule has 24 heavy (non-hydrogen) atoms. The number of hydrogen-bond acceptors (Lipinski definition) is 5. The Kier molecular flexibility index (Phi) is 5.51. The summed E-state index contributed by atoms with van der Waals surface area (Å²) in [4.78, 5) is 11.1. The third kappa shape index (κ3) is 4.59. The molecule has 122 valence electrons. The number of benzene rings is 2. The predicted octanol–water partition coefficient (Wildman–Crippen LogP) is 3.47. The highest BCUT2D eigenvalue weighted by Crippen LogP contribution is 2.18. The summed E-state index contributed by atoms with van der Waals surface area (Å²) in [5.41, 5.74) is 1.83. The molecule has 1 heterocycles. The second-order valence-corrected chi connectivity index (χ2v) is 6.34. The topological polar surface area (TPSA) is 63.0 Å². The zero-order chi connectivity index (χ0) is 16.8. The molecule has 0 aromatic heterocycles. The molecule has 1 saturated heterocycles. The average molecular weight is 360 g/mol. The van der Waals surface area contributed by atoms with E-state index in [0.717, 1.165) is 11.1 Å². The number of para-hydroxylation sites is 1. The number of rotatable bonds is 5. The highest BCUT2D eigenvalue weighted by atomic mass is 35.5. The van der Waals surface area contributed by atoms with Crippen molar-refractivity contribution in [3.63, 3.8) is 0 Å². The maximum atomic E-state index is 11.1. The molecule has 1 N–H and O–H groups in total. The largest absolute Gasteiger partial charge is 0.488 e. The van der Waals surface area contributed by atoms with E-state index < -0.39 is 0 Å². The van der Waals surface area contributed by atoms with E-state index in [1.165, 1.54) is 11.8 Å². The van der Waals surface area contributed by atoms with Crippen molar-refractivity contribution in [2.75, 3.05) is 5.75 Å². The fourth-order valence-electron chi connectivity index (χ4n) is 1.98. The van der Waals surface area contributed by atoms with Gasteiger partial charge in [-0.25, -0.2) is 0 Å². The van der Waals surface area contributed by atoms with Gasteiger partial charge in [-0.1, -0.05) is 47.6 Å². The molecule has 0 radical (unpaired) electrons. The highest BCUT2D eigenvalue weighted by Gasteiger charge is 2.15. The molecular formula is C17H14ClN3O2S. The average Bonchev–Trinajstić information content (AvgIpc) is 3.01. The van der Waals surface area contributed by atoms with Gasteiger partial charge in [-0.2, -0.15) is 5.10 Å². The summed E-state index contributed by atoms with van der Waals surface area (Å²) >= 11 is 7.21. The Morgan fingerprint density at radius 3 is 2.75 bits per heavy atom. The first-order chi connectivity index (χ1) is 11.7. The van der Waals surface area contributed by atoms with Crippen LogP contribution in [0.5, 0.6) is 5.75 Å². The molecule has 5 nitrogen and oxygen atoms in total. The smallest absolute Gasteiger partial charge is 0.236 e. The number of hydrogen-bond donors (Lipinski definition) is 1. The van der Waals surface area contributed by atoms with Crippen LogP contribution in [0.15, 0.2) is 58.7 Å². The number of carbonyl (C=O) groups excluding carboxylic acids is 1. The van der Waals surface area contributed by atoms with Crippen molar-refractivity contribution in [3.8, 4) is 5.75 Å². The Morgan fingerprint density at radius 1 is 1.21 bits per heavy atom. The number of thioether (sulfide) groups is 1. The van der Waals surface area contributed by atoms with Gasteiger partial charge < -0.3 is 10.1 Å². The lowest BCUT2D eigenvalue weighted by Gasteiger charge is -2.08. The summed E-state index contributed by atoms with van der Waals surface area (Å²) in [6.07, 6.45) is 1.61. The monoisotopic (exact) mass is 359 g/mol. The van der Waals surface area contributed by atoms with Gasteiger partial charge in [0.1, 0.15) is 12.4 Å². The van der Waals surface area contributed by atoms with Gasteiger partial charge in [-0.15, -0.1) is 5.10 Å². The first kappa shape index (κ1) is 16.5. The van der Waals surface area contributed by atoms with E-state index in [4.69, 9.17) is 16.3 Å². The van der Waals surface area contributed by atoms with E-state index in [2.05, 4.69) is 15.5 Å². The van der Waals surface area contributed by atoms with Crippen LogP contribution in [0.4, 0.5) is 0 Å². The molecule has 3 rings (SSSR count). The van der Waals surface area contributed by atoms with Gasteiger partial charge in [-0.05, 0) is 29.8 Å². The van der Waals surface area contributed by atoms with Crippen molar-refractivity contribution in [1.82, 2.24) is 5.32 Å². The molecule has 0 bridgehead atoms. The number of ether oxygens (including phenoxy) is 1. The summed E-state index contributed by atoms with van der Waals surface area (Å²) in [5, 5.41) is 11.8. The number of carbonyl (C=O) groups is 1. The Morgan fingerprint density at radius 2 is 2.00 bits per heavy atom. The zero-order valence-corrected chi connectivity index (χ0v) is 14.2. The van der Waals surface area contributed by atoms with Gasteiger partial charge in [-0.3, -0.25) is 4.79 Å². The van der Waals surface area contributed by atoms with E-state index in [-0.39, 0.29) is 5.91 Å². The van der Waals surface area contributed by atoms with E-state index >= 15 is 0 Å². The second-order valence-electron chi connectivity index (χ2n) is 4.94. The van der Waals surface area contributed by atoms with E-state index in [1.54, 1.807) is 6.21 Å².